The maximum Gasteiger partial charge on any atom is 0.313 e. The van der Waals surface area contributed by atoms with Crippen LogP contribution in [0.25, 0.3) is 0 Å². The van der Waals surface area contributed by atoms with Gasteiger partial charge in [-0.3, -0.25) is 9.59 Å². The van der Waals surface area contributed by atoms with Crippen molar-refractivity contribution in [1.82, 2.24) is 4.90 Å². The molecule has 0 radical (unpaired) electrons. The average molecular weight is 331 g/mol. The first kappa shape index (κ1) is 17.0. The van der Waals surface area contributed by atoms with Crippen LogP contribution in [0.1, 0.15) is 31.2 Å². The molecule has 1 aromatic carbocycles. The number of rotatable bonds is 6. The minimum Gasteiger partial charge on any atom is -0.481 e. The highest BCUT2D eigenvalue weighted by Gasteiger charge is 2.52. The van der Waals surface area contributed by atoms with Gasteiger partial charge in [0.05, 0.1) is 12.0 Å². The van der Waals surface area contributed by atoms with Crippen molar-refractivity contribution >= 4 is 11.9 Å². The summed E-state index contributed by atoms with van der Waals surface area (Å²) in [7, 11) is 1.51. The largest absolute Gasteiger partial charge is 0.481 e. The van der Waals surface area contributed by atoms with Crippen LogP contribution in [0.4, 0.5) is 0 Å². The minimum atomic E-state index is -0.956. The third-order valence-electron chi connectivity index (χ3n) is 5.66. The van der Waals surface area contributed by atoms with Gasteiger partial charge in [-0.1, -0.05) is 36.8 Å². The second-order valence-electron chi connectivity index (χ2n) is 7.29. The first-order valence-corrected chi connectivity index (χ1v) is 8.57. The predicted molar refractivity (Wildman–Crippen MR) is 89.6 cm³/mol. The Kier molecular flexibility index (Phi) is 4.63. The summed E-state index contributed by atoms with van der Waals surface area (Å²) in [6, 6.07) is 10.1. The summed E-state index contributed by atoms with van der Waals surface area (Å²) in [6.07, 6.45) is 4.05. The smallest absolute Gasteiger partial charge is 0.313 e. The number of carbonyl (C=O) groups is 2. The van der Waals surface area contributed by atoms with Crippen LogP contribution in [0.5, 0.6) is 0 Å². The fourth-order valence-corrected chi connectivity index (χ4v) is 4.07. The second kappa shape index (κ2) is 6.55. The molecule has 1 atom stereocenters. The van der Waals surface area contributed by atoms with Crippen LogP contribution in [0.2, 0.25) is 0 Å². The number of carboxylic acids is 1. The fraction of sp³-hybridized carbons (Fsp3) is 0.579. The zero-order chi connectivity index (χ0) is 17.2. The first-order chi connectivity index (χ1) is 11.5. The second-order valence-corrected chi connectivity index (χ2v) is 7.29. The molecule has 1 heterocycles. The number of nitrogens with zero attached hydrogens (tertiary/aromatic N) is 1. The molecular formula is C19H25NO4. The monoisotopic (exact) mass is 331 g/mol. The van der Waals surface area contributed by atoms with Crippen LogP contribution in [0.3, 0.4) is 0 Å². The van der Waals surface area contributed by atoms with E-state index in [1.165, 1.54) is 12.7 Å². The Morgan fingerprint density at radius 1 is 1.17 bits per heavy atom. The summed E-state index contributed by atoms with van der Waals surface area (Å²) in [6.45, 7) is 0.911. The van der Waals surface area contributed by atoms with Gasteiger partial charge in [0.1, 0.15) is 5.41 Å². The molecule has 1 unspecified atom stereocenters. The van der Waals surface area contributed by atoms with E-state index in [0.29, 0.717) is 13.0 Å². The number of aliphatic carboxylic acids is 1. The van der Waals surface area contributed by atoms with Crippen molar-refractivity contribution in [3.8, 4) is 0 Å². The SMILES string of the molecule is COCC1(C(=O)O)CCN(C(=O)C2(Cc3ccccc3)CCC2)C1. The summed E-state index contributed by atoms with van der Waals surface area (Å²) in [4.78, 5) is 26.6. The van der Waals surface area contributed by atoms with Gasteiger partial charge in [-0.05, 0) is 31.2 Å². The van der Waals surface area contributed by atoms with E-state index < -0.39 is 11.4 Å². The minimum absolute atomic E-state index is 0.122. The highest BCUT2D eigenvalue weighted by Crippen LogP contribution is 2.46. The zero-order valence-electron chi connectivity index (χ0n) is 14.2. The topological polar surface area (TPSA) is 66.8 Å². The molecule has 2 aliphatic rings. The molecule has 0 aromatic heterocycles. The molecule has 1 N–H and O–H groups in total. The summed E-state index contributed by atoms with van der Waals surface area (Å²) >= 11 is 0. The number of carbonyl (C=O) groups excluding carboxylic acids is 1. The fourth-order valence-electron chi connectivity index (χ4n) is 4.07. The number of likely N-dealkylation sites (tertiary alicyclic amines) is 1. The molecule has 24 heavy (non-hydrogen) atoms. The molecule has 1 aliphatic carbocycles. The molecule has 1 aromatic rings. The Labute approximate surface area is 142 Å². The van der Waals surface area contributed by atoms with Gasteiger partial charge in [0, 0.05) is 20.2 Å². The van der Waals surface area contributed by atoms with Crippen molar-refractivity contribution in [2.24, 2.45) is 10.8 Å². The lowest BCUT2D eigenvalue weighted by Crippen LogP contribution is -2.50. The summed E-state index contributed by atoms with van der Waals surface area (Å²) < 4.78 is 5.12. The Hall–Kier alpha value is -1.88. The van der Waals surface area contributed by atoms with Crippen LogP contribution in [-0.4, -0.2) is 48.7 Å². The van der Waals surface area contributed by atoms with E-state index in [9.17, 15) is 14.7 Å². The summed E-state index contributed by atoms with van der Waals surface area (Å²) in [5, 5.41) is 9.59. The third kappa shape index (κ3) is 2.93. The molecule has 0 spiro atoms. The molecule has 1 amide bonds. The molecule has 5 heteroatoms. The van der Waals surface area contributed by atoms with Gasteiger partial charge in [-0.2, -0.15) is 0 Å². The molecular weight excluding hydrogens is 306 g/mol. The van der Waals surface area contributed by atoms with E-state index in [2.05, 4.69) is 12.1 Å². The van der Waals surface area contributed by atoms with Gasteiger partial charge < -0.3 is 14.7 Å². The third-order valence-corrected chi connectivity index (χ3v) is 5.66. The highest BCUT2D eigenvalue weighted by atomic mass is 16.5. The lowest BCUT2D eigenvalue weighted by molar-refractivity contribution is -0.153. The maximum absolute atomic E-state index is 13.2. The lowest BCUT2D eigenvalue weighted by Gasteiger charge is -2.43. The molecule has 1 saturated heterocycles. The zero-order valence-corrected chi connectivity index (χ0v) is 14.2. The van der Waals surface area contributed by atoms with Crippen molar-refractivity contribution < 1.29 is 19.4 Å². The molecule has 0 bridgehead atoms. The van der Waals surface area contributed by atoms with Crippen LogP contribution in [-0.2, 0) is 20.7 Å². The van der Waals surface area contributed by atoms with Gasteiger partial charge in [0.25, 0.3) is 0 Å². The van der Waals surface area contributed by atoms with E-state index in [4.69, 9.17) is 4.74 Å². The van der Waals surface area contributed by atoms with Gasteiger partial charge in [-0.25, -0.2) is 0 Å². The molecule has 2 fully saturated rings. The van der Waals surface area contributed by atoms with Gasteiger partial charge in [0.15, 0.2) is 0 Å². The maximum atomic E-state index is 13.2. The number of hydrogen-bond acceptors (Lipinski definition) is 3. The molecule has 130 valence electrons. The Morgan fingerprint density at radius 2 is 1.88 bits per heavy atom. The van der Waals surface area contributed by atoms with Gasteiger partial charge >= 0.3 is 5.97 Å². The van der Waals surface area contributed by atoms with Gasteiger partial charge in [-0.15, -0.1) is 0 Å². The first-order valence-electron chi connectivity index (χ1n) is 8.57. The van der Waals surface area contributed by atoms with E-state index in [0.717, 1.165) is 25.7 Å². The number of amides is 1. The number of ether oxygens (including phenoxy) is 1. The van der Waals surface area contributed by atoms with Crippen molar-refractivity contribution in [1.29, 1.82) is 0 Å². The van der Waals surface area contributed by atoms with Crippen molar-refractivity contribution in [2.75, 3.05) is 26.8 Å². The number of benzene rings is 1. The van der Waals surface area contributed by atoms with Crippen molar-refractivity contribution in [3.63, 3.8) is 0 Å². The number of hydrogen-bond donors (Lipinski definition) is 1. The number of carboxylic acid groups (broad SMARTS) is 1. The molecule has 1 aliphatic heterocycles. The Balaban J connectivity index is 1.74. The van der Waals surface area contributed by atoms with E-state index in [1.54, 1.807) is 4.90 Å². The summed E-state index contributed by atoms with van der Waals surface area (Å²) in [5.41, 5.74) is -0.128. The molecule has 1 saturated carbocycles. The van der Waals surface area contributed by atoms with Crippen LogP contribution >= 0.6 is 0 Å². The predicted octanol–water partition coefficient (Wildman–Crippen LogP) is 2.35. The van der Waals surface area contributed by atoms with Crippen LogP contribution in [0, 0.1) is 10.8 Å². The van der Waals surface area contributed by atoms with Crippen molar-refractivity contribution in [3.05, 3.63) is 35.9 Å². The quantitative estimate of drug-likeness (QED) is 0.869. The molecule has 5 nitrogen and oxygen atoms in total. The lowest BCUT2D eigenvalue weighted by atomic mass is 9.64. The Morgan fingerprint density at radius 3 is 2.42 bits per heavy atom. The van der Waals surface area contributed by atoms with Crippen molar-refractivity contribution in [2.45, 2.75) is 32.1 Å². The standard InChI is InChI=1S/C19H25NO4/c1-24-14-19(17(22)23)10-11-20(13-19)16(21)18(8-5-9-18)12-15-6-3-2-4-7-15/h2-4,6-7H,5,8-14H2,1H3,(H,22,23). The Bertz CT molecular complexity index is 611. The van der Waals surface area contributed by atoms with Crippen LogP contribution < -0.4 is 0 Å². The van der Waals surface area contributed by atoms with E-state index in [-0.39, 0.29) is 24.5 Å². The number of methoxy groups -OCH3 is 1. The van der Waals surface area contributed by atoms with Gasteiger partial charge in [0.2, 0.25) is 5.91 Å². The molecule has 3 rings (SSSR count). The summed E-state index contributed by atoms with van der Waals surface area (Å²) in [5.74, 6) is -0.748. The van der Waals surface area contributed by atoms with Crippen LogP contribution in [0.15, 0.2) is 30.3 Å². The van der Waals surface area contributed by atoms with E-state index in [1.807, 2.05) is 18.2 Å². The highest BCUT2D eigenvalue weighted by molar-refractivity contribution is 5.86. The van der Waals surface area contributed by atoms with E-state index >= 15 is 0 Å². The average Bonchev–Trinajstić information content (AvgIpc) is 2.97. The normalized spacial score (nSPS) is 25.3.